The van der Waals surface area contributed by atoms with Crippen molar-refractivity contribution in [2.75, 3.05) is 0 Å². The van der Waals surface area contributed by atoms with Crippen LogP contribution in [-0.4, -0.2) is 15.0 Å². The fraction of sp³-hybridized carbons (Fsp3) is 0. The molecule has 0 bridgehead atoms. The fourth-order valence-corrected chi connectivity index (χ4v) is 6.96. The van der Waals surface area contributed by atoms with Crippen LogP contribution in [0.15, 0.2) is 168 Å². The summed E-state index contributed by atoms with van der Waals surface area (Å²) in [5.41, 5.74) is 6.51. The van der Waals surface area contributed by atoms with Crippen molar-refractivity contribution in [2.24, 2.45) is 0 Å². The number of hydrogen-bond acceptors (Lipinski definition) is 4. The van der Waals surface area contributed by atoms with Crippen LogP contribution in [0.3, 0.4) is 0 Å². The molecule has 0 aliphatic rings. The highest BCUT2D eigenvalue weighted by Gasteiger charge is 2.20. The third-order valence-electron chi connectivity index (χ3n) is 9.47. The van der Waals surface area contributed by atoms with Crippen LogP contribution in [0.5, 0.6) is 0 Å². The minimum atomic E-state index is 0.590. The zero-order chi connectivity index (χ0) is 32.3. The molecule has 0 aliphatic carbocycles. The minimum Gasteiger partial charge on any atom is -0.456 e. The lowest BCUT2D eigenvalue weighted by atomic mass is 9.94. The first-order valence-electron chi connectivity index (χ1n) is 16.4. The van der Waals surface area contributed by atoms with Gasteiger partial charge in [-0.15, -0.1) is 0 Å². The lowest BCUT2D eigenvalue weighted by molar-refractivity contribution is 0.669. The van der Waals surface area contributed by atoms with Gasteiger partial charge in [-0.3, -0.25) is 0 Å². The quantitative estimate of drug-likeness (QED) is 0.195. The van der Waals surface area contributed by atoms with Crippen LogP contribution >= 0.6 is 0 Å². The maximum atomic E-state index is 6.43. The van der Waals surface area contributed by atoms with Gasteiger partial charge in [-0.2, -0.15) is 0 Å². The first-order valence-corrected chi connectivity index (χ1v) is 16.4. The van der Waals surface area contributed by atoms with Crippen LogP contribution in [0.1, 0.15) is 0 Å². The first kappa shape index (κ1) is 27.5. The summed E-state index contributed by atoms with van der Waals surface area (Å²) in [5, 5.41) is 9.11. The van der Waals surface area contributed by atoms with Gasteiger partial charge in [-0.1, -0.05) is 127 Å². The predicted octanol–water partition coefficient (Wildman–Crippen LogP) is 11.9. The number of rotatable bonds is 4. The fourth-order valence-electron chi connectivity index (χ4n) is 6.96. The summed E-state index contributed by atoms with van der Waals surface area (Å²) in [4.78, 5) is 15.5. The summed E-state index contributed by atoms with van der Waals surface area (Å²) in [5.74, 6) is 1.83. The Labute approximate surface area is 282 Å². The molecule has 49 heavy (non-hydrogen) atoms. The summed E-state index contributed by atoms with van der Waals surface area (Å²) < 4.78 is 6.43. The van der Waals surface area contributed by atoms with E-state index in [0.717, 1.165) is 60.5 Å². The predicted molar refractivity (Wildman–Crippen MR) is 201 cm³/mol. The molecule has 0 fully saturated rings. The molecule has 8 aromatic carbocycles. The number of aromatic nitrogens is 3. The smallest absolute Gasteiger partial charge is 0.164 e. The highest BCUT2D eigenvalue weighted by molar-refractivity contribution is 6.09. The van der Waals surface area contributed by atoms with Crippen molar-refractivity contribution in [3.8, 4) is 45.3 Å². The molecule has 10 aromatic rings. The lowest BCUT2D eigenvalue weighted by Gasteiger charge is -2.13. The van der Waals surface area contributed by atoms with Gasteiger partial charge >= 0.3 is 0 Å². The number of nitrogens with zero attached hydrogens (tertiary/aromatic N) is 3. The SMILES string of the molecule is c1ccc2cc(-c3nc(-c4ccc5ccccc5c4)nc(-c4cc5oc6ccccc6c5cc4-c4ccc5ccccc5c4)n3)ccc2c1. The molecule has 2 aromatic heterocycles. The van der Waals surface area contributed by atoms with E-state index in [-0.39, 0.29) is 0 Å². The van der Waals surface area contributed by atoms with Crippen molar-refractivity contribution in [3.05, 3.63) is 164 Å². The molecule has 0 N–H and O–H groups in total. The van der Waals surface area contributed by atoms with Gasteiger partial charge in [-0.25, -0.2) is 15.0 Å². The van der Waals surface area contributed by atoms with E-state index in [1.54, 1.807) is 0 Å². The van der Waals surface area contributed by atoms with E-state index >= 15 is 0 Å². The molecule has 0 aliphatic heterocycles. The number of benzene rings is 8. The Hall–Kier alpha value is -6.65. The molecule has 10 rings (SSSR count). The number of fused-ring (bicyclic) bond motifs is 6. The maximum Gasteiger partial charge on any atom is 0.164 e. The highest BCUT2D eigenvalue weighted by atomic mass is 16.3. The van der Waals surface area contributed by atoms with Gasteiger partial charge in [0, 0.05) is 27.5 Å². The van der Waals surface area contributed by atoms with Crippen LogP contribution in [-0.2, 0) is 0 Å². The summed E-state index contributed by atoms with van der Waals surface area (Å²) in [6.07, 6.45) is 0. The molecule has 4 heteroatoms. The number of para-hydroxylation sites is 1. The second-order valence-electron chi connectivity index (χ2n) is 12.5. The van der Waals surface area contributed by atoms with Crippen LogP contribution in [0.25, 0.3) is 99.5 Å². The average Bonchev–Trinajstić information content (AvgIpc) is 3.54. The first-order chi connectivity index (χ1) is 24.2. The lowest BCUT2D eigenvalue weighted by Crippen LogP contribution is -2.01. The van der Waals surface area contributed by atoms with Crippen molar-refractivity contribution < 1.29 is 4.42 Å². The van der Waals surface area contributed by atoms with Gasteiger partial charge in [0.1, 0.15) is 11.2 Å². The van der Waals surface area contributed by atoms with E-state index in [4.69, 9.17) is 19.4 Å². The molecule has 0 saturated carbocycles. The van der Waals surface area contributed by atoms with Crippen molar-refractivity contribution in [3.63, 3.8) is 0 Å². The Bertz CT molecular complexity index is 2810. The van der Waals surface area contributed by atoms with Gasteiger partial charge in [0.2, 0.25) is 0 Å². The third kappa shape index (κ3) is 4.73. The van der Waals surface area contributed by atoms with Gasteiger partial charge in [0.05, 0.1) is 0 Å². The molecule has 0 amide bonds. The van der Waals surface area contributed by atoms with Gasteiger partial charge in [0.15, 0.2) is 17.5 Å². The summed E-state index contributed by atoms with van der Waals surface area (Å²) in [6.45, 7) is 0. The topological polar surface area (TPSA) is 51.8 Å². The van der Waals surface area contributed by atoms with E-state index in [9.17, 15) is 0 Å². The van der Waals surface area contributed by atoms with Crippen LogP contribution in [0.4, 0.5) is 0 Å². The largest absolute Gasteiger partial charge is 0.456 e. The second-order valence-corrected chi connectivity index (χ2v) is 12.5. The molecule has 0 unspecified atom stereocenters. The summed E-state index contributed by atoms with van der Waals surface area (Å²) in [7, 11) is 0. The summed E-state index contributed by atoms with van der Waals surface area (Å²) >= 11 is 0. The van der Waals surface area contributed by atoms with Gasteiger partial charge in [0.25, 0.3) is 0 Å². The molecule has 228 valence electrons. The molecule has 2 heterocycles. The van der Waals surface area contributed by atoms with Gasteiger partial charge in [-0.05, 0) is 79.8 Å². The molecular formula is C45H27N3O. The standard InChI is InChI=1S/C45H27N3O/c1-4-12-31-23-34(20-17-28(31)9-1)38-26-39-37-15-7-8-16-41(37)49-42(39)27-40(38)45-47-43(35-21-18-29-10-2-5-13-32(29)24-35)46-44(48-45)36-22-19-30-11-3-6-14-33(30)25-36/h1-27H. The van der Waals surface area contributed by atoms with Gasteiger partial charge < -0.3 is 4.42 Å². The third-order valence-corrected chi connectivity index (χ3v) is 9.47. The maximum absolute atomic E-state index is 6.43. The Balaban J connectivity index is 1.26. The van der Waals surface area contributed by atoms with E-state index in [1.165, 1.54) is 21.5 Å². The van der Waals surface area contributed by atoms with E-state index in [2.05, 4.69) is 152 Å². The van der Waals surface area contributed by atoms with E-state index < -0.39 is 0 Å². The molecule has 0 radical (unpaired) electrons. The molecule has 0 atom stereocenters. The normalized spacial score (nSPS) is 11.7. The van der Waals surface area contributed by atoms with Crippen molar-refractivity contribution in [2.45, 2.75) is 0 Å². The average molecular weight is 626 g/mol. The zero-order valence-corrected chi connectivity index (χ0v) is 26.3. The number of hydrogen-bond donors (Lipinski definition) is 0. The molecular weight excluding hydrogens is 599 g/mol. The minimum absolute atomic E-state index is 0.590. The molecule has 4 nitrogen and oxygen atoms in total. The Morgan fingerprint density at radius 2 is 0.776 bits per heavy atom. The van der Waals surface area contributed by atoms with Crippen LogP contribution in [0.2, 0.25) is 0 Å². The summed E-state index contributed by atoms with van der Waals surface area (Å²) in [6, 6.07) is 57.1. The Morgan fingerprint density at radius 1 is 0.306 bits per heavy atom. The van der Waals surface area contributed by atoms with E-state index in [1.807, 2.05) is 12.1 Å². The highest BCUT2D eigenvalue weighted by Crippen LogP contribution is 2.40. The van der Waals surface area contributed by atoms with Crippen LogP contribution in [0, 0.1) is 0 Å². The monoisotopic (exact) mass is 625 g/mol. The van der Waals surface area contributed by atoms with E-state index in [0.29, 0.717) is 17.5 Å². The zero-order valence-electron chi connectivity index (χ0n) is 26.3. The number of furan rings is 1. The molecule has 0 saturated heterocycles. The van der Waals surface area contributed by atoms with Crippen LogP contribution < -0.4 is 0 Å². The van der Waals surface area contributed by atoms with Crippen molar-refractivity contribution >= 4 is 54.3 Å². The Morgan fingerprint density at radius 3 is 1.37 bits per heavy atom. The Kier molecular flexibility index (Phi) is 6.15. The van der Waals surface area contributed by atoms with Crippen molar-refractivity contribution in [1.29, 1.82) is 0 Å². The molecule has 0 spiro atoms. The second kappa shape index (κ2) is 11.0. The van der Waals surface area contributed by atoms with Crippen molar-refractivity contribution in [1.82, 2.24) is 15.0 Å².